The van der Waals surface area contributed by atoms with E-state index in [1.54, 1.807) is 33.9 Å². The van der Waals surface area contributed by atoms with Crippen molar-refractivity contribution in [2.75, 3.05) is 7.11 Å². The van der Waals surface area contributed by atoms with E-state index >= 15 is 0 Å². The molecule has 0 saturated carbocycles. The third kappa shape index (κ3) is 7.48. The van der Waals surface area contributed by atoms with Crippen molar-refractivity contribution in [3.8, 4) is 17.1 Å². The van der Waals surface area contributed by atoms with Crippen LogP contribution in [-0.4, -0.2) is 29.2 Å². The molecule has 0 atom stereocenters. The maximum atomic E-state index is 9.47. The molecule has 5 nitrogen and oxygen atoms in total. The summed E-state index contributed by atoms with van der Waals surface area (Å²) in [6.45, 7) is 14.4. The number of ether oxygens (including phenoxy) is 2. The Balaban J connectivity index is 0.000000620. The minimum Gasteiger partial charge on any atom is -0.649 e. The molecule has 0 fully saturated rings. The second-order valence-corrected chi connectivity index (χ2v) is 6.31. The first kappa shape index (κ1) is 23.5. The molecule has 0 amide bonds. The van der Waals surface area contributed by atoms with Gasteiger partial charge in [-0.15, -0.1) is 11.4 Å². The Labute approximate surface area is 166 Å². The summed E-state index contributed by atoms with van der Waals surface area (Å²) in [5.74, 6) is 1.43. The molecule has 7 heteroatoms. The number of aromatic amines is 1. The SMILES string of the molecule is CC(C)(C)O[C-]=O.[CH2-]Cc1nc(-c2cc(OC)ccc2Cl)[nH]c1[CH2-].[Li+]. The smallest absolute Gasteiger partial charge is 0.649 e. The van der Waals surface area contributed by atoms with E-state index in [-0.39, 0.29) is 24.5 Å². The third-order valence-electron chi connectivity index (χ3n) is 2.88. The van der Waals surface area contributed by atoms with Crippen molar-refractivity contribution in [1.29, 1.82) is 0 Å². The quantitative estimate of drug-likeness (QED) is 0.660. The van der Waals surface area contributed by atoms with Crippen LogP contribution in [0.1, 0.15) is 32.2 Å². The van der Waals surface area contributed by atoms with Gasteiger partial charge in [0.05, 0.1) is 17.7 Å². The average molecular weight is 357 g/mol. The number of nitrogens with zero attached hydrogens (tertiary/aromatic N) is 1. The van der Waals surface area contributed by atoms with Gasteiger partial charge >= 0.3 is 18.9 Å². The molecule has 132 valence electrons. The summed E-state index contributed by atoms with van der Waals surface area (Å²) in [4.78, 5) is 17.0. The number of carbonyl (C=O) groups excluding carboxylic acids is 1. The fourth-order valence-electron chi connectivity index (χ4n) is 1.72. The number of hydrogen-bond donors (Lipinski definition) is 1. The Morgan fingerprint density at radius 2 is 2.00 bits per heavy atom. The zero-order chi connectivity index (χ0) is 18.3. The Morgan fingerprint density at radius 3 is 2.40 bits per heavy atom. The number of hydrogen-bond acceptors (Lipinski definition) is 4. The molecule has 1 heterocycles. The van der Waals surface area contributed by atoms with Gasteiger partial charge in [0.1, 0.15) is 11.6 Å². The molecule has 0 aliphatic rings. The summed E-state index contributed by atoms with van der Waals surface area (Å²) >= 11 is 6.14. The zero-order valence-corrected chi connectivity index (χ0v) is 16.2. The van der Waals surface area contributed by atoms with E-state index in [1.165, 1.54) is 6.47 Å². The number of rotatable bonds is 4. The molecule has 25 heavy (non-hydrogen) atoms. The largest absolute Gasteiger partial charge is 1.00 e. The second kappa shape index (κ2) is 10.4. The first-order chi connectivity index (χ1) is 11.2. The van der Waals surface area contributed by atoms with Gasteiger partial charge in [-0.05, 0) is 39.0 Å². The molecule has 0 saturated heterocycles. The van der Waals surface area contributed by atoms with Crippen LogP contribution in [-0.2, 0) is 16.0 Å². The molecule has 1 N–H and O–H groups in total. The van der Waals surface area contributed by atoms with Crippen LogP contribution in [0.2, 0.25) is 5.02 Å². The molecular formula is C18H22ClLiN2O3-2. The van der Waals surface area contributed by atoms with Gasteiger partial charge in [0, 0.05) is 5.56 Å². The summed E-state index contributed by atoms with van der Waals surface area (Å²) in [5.41, 5.74) is 2.05. The molecule has 2 rings (SSSR count). The fourth-order valence-corrected chi connectivity index (χ4v) is 1.92. The maximum absolute atomic E-state index is 9.47. The van der Waals surface area contributed by atoms with Crippen molar-refractivity contribution in [2.45, 2.75) is 32.8 Å². The number of methoxy groups -OCH3 is 1. The minimum atomic E-state index is -0.373. The molecule has 0 radical (unpaired) electrons. The van der Waals surface area contributed by atoms with Crippen LogP contribution in [0, 0.1) is 13.8 Å². The van der Waals surface area contributed by atoms with E-state index in [2.05, 4.69) is 28.6 Å². The van der Waals surface area contributed by atoms with Crippen molar-refractivity contribution in [1.82, 2.24) is 9.97 Å². The van der Waals surface area contributed by atoms with Crippen molar-refractivity contribution in [3.05, 3.63) is 48.5 Å². The topological polar surface area (TPSA) is 64.2 Å². The molecule has 1 aromatic carbocycles. The monoisotopic (exact) mass is 356 g/mol. The van der Waals surface area contributed by atoms with Crippen LogP contribution in [0.15, 0.2) is 18.2 Å². The van der Waals surface area contributed by atoms with Crippen molar-refractivity contribution < 1.29 is 33.1 Å². The van der Waals surface area contributed by atoms with E-state index in [4.69, 9.17) is 16.3 Å². The standard InChI is InChI=1S/C13H13ClN2O.C5H9O2.Li/c1-4-12-8(2)15-13(16-12)10-7-9(17-3)5-6-11(10)14;1-5(2,3)7-4-6;/h5-7H,1-2,4H2,3H3,(H,15,16);1-3H3;/q-2;-1;+1. The molecule has 0 aliphatic carbocycles. The van der Waals surface area contributed by atoms with Crippen molar-refractivity contribution >= 4 is 18.1 Å². The van der Waals surface area contributed by atoms with Crippen LogP contribution in [0.3, 0.4) is 0 Å². The van der Waals surface area contributed by atoms with Gasteiger partial charge in [-0.2, -0.15) is 0 Å². The van der Waals surface area contributed by atoms with E-state index in [9.17, 15) is 4.79 Å². The molecule has 2 aromatic rings. The summed E-state index contributed by atoms with van der Waals surface area (Å²) in [7, 11) is 1.61. The molecular weight excluding hydrogens is 335 g/mol. The Morgan fingerprint density at radius 1 is 1.36 bits per heavy atom. The van der Waals surface area contributed by atoms with Crippen LogP contribution in [0.4, 0.5) is 0 Å². The van der Waals surface area contributed by atoms with E-state index in [1.807, 2.05) is 12.1 Å². The van der Waals surface area contributed by atoms with Crippen LogP contribution < -0.4 is 23.6 Å². The third-order valence-corrected chi connectivity index (χ3v) is 3.21. The van der Waals surface area contributed by atoms with Gasteiger partial charge in [0.25, 0.3) is 0 Å². The summed E-state index contributed by atoms with van der Waals surface area (Å²) in [5, 5.41) is 0.621. The van der Waals surface area contributed by atoms with Gasteiger partial charge in [-0.1, -0.05) is 18.1 Å². The number of H-pyrrole nitrogens is 1. The molecule has 0 bridgehead atoms. The van der Waals surface area contributed by atoms with Crippen LogP contribution >= 0.6 is 11.6 Å². The van der Waals surface area contributed by atoms with Gasteiger partial charge in [0.2, 0.25) is 0 Å². The number of imidazole rings is 1. The molecule has 1 aromatic heterocycles. The first-order valence-electron chi connectivity index (χ1n) is 7.31. The maximum Gasteiger partial charge on any atom is 1.00 e. The van der Waals surface area contributed by atoms with Crippen molar-refractivity contribution in [3.63, 3.8) is 0 Å². The first-order valence-corrected chi connectivity index (χ1v) is 7.68. The van der Waals surface area contributed by atoms with E-state index in [0.717, 1.165) is 22.7 Å². The summed E-state index contributed by atoms with van der Waals surface area (Å²) in [6, 6.07) is 5.43. The number of aromatic nitrogens is 2. The van der Waals surface area contributed by atoms with Gasteiger partial charge < -0.3 is 31.2 Å². The van der Waals surface area contributed by atoms with Gasteiger partial charge in [0.15, 0.2) is 0 Å². The summed E-state index contributed by atoms with van der Waals surface area (Å²) < 4.78 is 9.59. The van der Waals surface area contributed by atoms with Crippen LogP contribution in [0.5, 0.6) is 5.75 Å². The Hall–Kier alpha value is -1.54. The molecule has 0 spiro atoms. The predicted octanol–water partition coefficient (Wildman–Crippen LogP) is 1.17. The summed E-state index contributed by atoms with van der Waals surface area (Å²) in [6.07, 6.45) is 0.594. The van der Waals surface area contributed by atoms with Crippen LogP contribution in [0.25, 0.3) is 11.4 Å². The fraction of sp³-hybridized carbons (Fsp3) is 0.333. The Bertz CT molecular complexity index is 681. The molecule has 0 unspecified atom stereocenters. The zero-order valence-electron chi connectivity index (χ0n) is 15.4. The van der Waals surface area contributed by atoms with Gasteiger partial charge in [-0.3, -0.25) is 0 Å². The van der Waals surface area contributed by atoms with Crippen molar-refractivity contribution in [2.24, 2.45) is 0 Å². The molecule has 0 aliphatic heterocycles. The van der Waals surface area contributed by atoms with E-state index < -0.39 is 0 Å². The van der Waals surface area contributed by atoms with E-state index in [0.29, 0.717) is 17.3 Å². The predicted molar refractivity (Wildman–Crippen MR) is 95.6 cm³/mol. The average Bonchev–Trinajstić information content (AvgIpc) is 2.88. The normalized spacial score (nSPS) is 10.2. The number of benzene rings is 1. The minimum absolute atomic E-state index is 0. The second-order valence-electron chi connectivity index (χ2n) is 5.90. The van der Waals surface area contributed by atoms with Gasteiger partial charge in [-0.25, -0.2) is 13.3 Å². The number of halogens is 1. The Kier molecular flexibility index (Phi) is 9.80. The number of nitrogens with one attached hydrogen (secondary N) is 1.